The SMILES string of the molecule is O=C(O)c1cc(Cl)ccc1Nc1ccc2c(c1)CCN(Cc1ccccc1)C2=O. The van der Waals surface area contributed by atoms with Gasteiger partial charge in [-0.25, -0.2) is 4.79 Å². The number of fused-ring (bicyclic) bond motifs is 1. The highest BCUT2D eigenvalue weighted by Crippen LogP contribution is 2.28. The summed E-state index contributed by atoms with van der Waals surface area (Å²) in [5, 5.41) is 12.9. The topological polar surface area (TPSA) is 69.6 Å². The molecule has 0 saturated heterocycles. The van der Waals surface area contributed by atoms with Gasteiger partial charge in [0.25, 0.3) is 5.91 Å². The summed E-state index contributed by atoms with van der Waals surface area (Å²) in [6.07, 6.45) is 0.746. The summed E-state index contributed by atoms with van der Waals surface area (Å²) in [6, 6.07) is 20.1. The number of carbonyl (C=O) groups excluding carboxylic acids is 1. The third-order valence-corrected chi connectivity index (χ3v) is 5.22. The van der Waals surface area contributed by atoms with E-state index in [-0.39, 0.29) is 11.5 Å². The molecule has 0 atom stereocenters. The van der Waals surface area contributed by atoms with Crippen molar-refractivity contribution in [3.63, 3.8) is 0 Å². The maximum Gasteiger partial charge on any atom is 0.337 e. The molecule has 146 valence electrons. The van der Waals surface area contributed by atoms with Crippen LogP contribution in [0.5, 0.6) is 0 Å². The highest BCUT2D eigenvalue weighted by molar-refractivity contribution is 6.31. The Hall–Kier alpha value is -3.31. The van der Waals surface area contributed by atoms with Crippen molar-refractivity contribution in [2.24, 2.45) is 0 Å². The van der Waals surface area contributed by atoms with Crippen LogP contribution >= 0.6 is 11.6 Å². The molecule has 4 rings (SSSR count). The van der Waals surface area contributed by atoms with Gasteiger partial charge in [-0.05, 0) is 53.9 Å². The Bertz CT molecular complexity index is 1080. The molecule has 6 heteroatoms. The van der Waals surface area contributed by atoms with E-state index in [0.717, 1.165) is 23.2 Å². The predicted molar refractivity (Wildman–Crippen MR) is 113 cm³/mol. The van der Waals surface area contributed by atoms with Crippen molar-refractivity contribution < 1.29 is 14.7 Å². The van der Waals surface area contributed by atoms with Crippen LogP contribution in [0.4, 0.5) is 11.4 Å². The third kappa shape index (κ3) is 4.10. The smallest absolute Gasteiger partial charge is 0.337 e. The van der Waals surface area contributed by atoms with E-state index < -0.39 is 5.97 Å². The highest BCUT2D eigenvalue weighted by Gasteiger charge is 2.24. The number of hydrogen-bond donors (Lipinski definition) is 2. The molecule has 1 aliphatic heterocycles. The number of nitrogens with one attached hydrogen (secondary N) is 1. The second kappa shape index (κ2) is 7.97. The summed E-state index contributed by atoms with van der Waals surface area (Å²) >= 11 is 5.91. The fourth-order valence-electron chi connectivity index (χ4n) is 3.53. The van der Waals surface area contributed by atoms with Crippen LogP contribution in [-0.4, -0.2) is 28.4 Å². The maximum atomic E-state index is 12.9. The Kier molecular flexibility index (Phi) is 5.23. The number of carbonyl (C=O) groups is 2. The molecule has 0 saturated carbocycles. The van der Waals surface area contributed by atoms with Crippen molar-refractivity contribution in [3.8, 4) is 0 Å². The van der Waals surface area contributed by atoms with Crippen molar-refractivity contribution in [3.05, 3.63) is 94.0 Å². The zero-order valence-corrected chi connectivity index (χ0v) is 16.3. The molecule has 1 heterocycles. The van der Waals surface area contributed by atoms with Gasteiger partial charge < -0.3 is 15.3 Å². The molecule has 1 amide bonds. The highest BCUT2D eigenvalue weighted by atomic mass is 35.5. The quantitative estimate of drug-likeness (QED) is 0.627. The minimum Gasteiger partial charge on any atom is -0.478 e. The van der Waals surface area contributed by atoms with Crippen LogP contribution in [0.25, 0.3) is 0 Å². The van der Waals surface area contributed by atoms with Crippen molar-refractivity contribution in [2.45, 2.75) is 13.0 Å². The Balaban J connectivity index is 1.55. The lowest BCUT2D eigenvalue weighted by atomic mass is 9.97. The van der Waals surface area contributed by atoms with Crippen LogP contribution in [0.3, 0.4) is 0 Å². The number of aromatic carboxylic acids is 1. The fourth-order valence-corrected chi connectivity index (χ4v) is 3.70. The van der Waals surface area contributed by atoms with Gasteiger partial charge in [0.1, 0.15) is 0 Å². The van der Waals surface area contributed by atoms with Gasteiger partial charge in [-0.3, -0.25) is 4.79 Å². The average molecular weight is 407 g/mol. The average Bonchev–Trinajstić information content (AvgIpc) is 2.72. The number of benzene rings is 3. The second-order valence-corrected chi connectivity index (χ2v) is 7.39. The molecular weight excluding hydrogens is 388 g/mol. The van der Waals surface area contributed by atoms with Crippen LogP contribution in [0.15, 0.2) is 66.7 Å². The van der Waals surface area contributed by atoms with Gasteiger partial charge in [-0.2, -0.15) is 0 Å². The molecule has 1 aliphatic rings. The lowest BCUT2D eigenvalue weighted by molar-refractivity contribution is 0.0695. The molecule has 0 aromatic heterocycles. The van der Waals surface area contributed by atoms with Crippen LogP contribution in [0.2, 0.25) is 5.02 Å². The monoisotopic (exact) mass is 406 g/mol. The van der Waals surface area contributed by atoms with Gasteiger partial charge in [0.15, 0.2) is 0 Å². The second-order valence-electron chi connectivity index (χ2n) is 6.95. The first-order valence-electron chi connectivity index (χ1n) is 9.27. The fraction of sp³-hybridized carbons (Fsp3) is 0.130. The van der Waals surface area contributed by atoms with Gasteiger partial charge in [-0.15, -0.1) is 0 Å². The van der Waals surface area contributed by atoms with E-state index in [1.807, 2.05) is 41.3 Å². The van der Waals surface area contributed by atoms with Crippen molar-refractivity contribution >= 4 is 34.9 Å². The standard InChI is InChI=1S/C23H19ClN2O3/c24-17-6-9-21(20(13-17)23(28)29)25-18-7-8-19-16(12-18)10-11-26(22(19)27)14-15-4-2-1-3-5-15/h1-9,12-13,25H,10-11,14H2,(H,28,29). The molecule has 0 radical (unpaired) electrons. The Morgan fingerprint density at radius 2 is 1.86 bits per heavy atom. The summed E-state index contributed by atoms with van der Waals surface area (Å²) in [4.78, 5) is 26.2. The number of nitrogens with zero attached hydrogens (tertiary/aromatic N) is 1. The first-order chi connectivity index (χ1) is 14.0. The van der Waals surface area contributed by atoms with Crippen molar-refractivity contribution in [1.82, 2.24) is 4.90 Å². The lowest BCUT2D eigenvalue weighted by Crippen LogP contribution is -2.37. The van der Waals surface area contributed by atoms with E-state index in [1.165, 1.54) is 6.07 Å². The lowest BCUT2D eigenvalue weighted by Gasteiger charge is -2.29. The molecule has 0 bridgehead atoms. The normalized spacial score (nSPS) is 13.1. The Morgan fingerprint density at radius 1 is 1.07 bits per heavy atom. The van der Waals surface area contributed by atoms with E-state index in [2.05, 4.69) is 5.32 Å². The summed E-state index contributed by atoms with van der Waals surface area (Å²) in [5.74, 6) is -1.04. The molecular formula is C23H19ClN2O3. The van der Waals surface area contributed by atoms with E-state index in [4.69, 9.17) is 11.6 Å². The molecule has 29 heavy (non-hydrogen) atoms. The molecule has 0 spiro atoms. The van der Waals surface area contributed by atoms with Gasteiger partial charge >= 0.3 is 5.97 Å². The first kappa shape index (κ1) is 19.0. The van der Waals surface area contributed by atoms with Crippen LogP contribution in [0, 0.1) is 0 Å². The van der Waals surface area contributed by atoms with E-state index in [1.54, 1.807) is 24.3 Å². The molecule has 0 fully saturated rings. The van der Waals surface area contributed by atoms with Crippen LogP contribution in [0.1, 0.15) is 31.8 Å². The summed E-state index contributed by atoms with van der Waals surface area (Å²) in [6.45, 7) is 1.23. The first-order valence-corrected chi connectivity index (χ1v) is 9.65. The van der Waals surface area contributed by atoms with Crippen LogP contribution in [-0.2, 0) is 13.0 Å². The summed E-state index contributed by atoms with van der Waals surface area (Å²) in [5.41, 5.74) is 4.03. The number of hydrogen-bond acceptors (Lipinski definition) is 3. The zero-order valence-electron chi connectivity index (χ0n) is 15.6. The van der Waals surface area contributed by atoms with E-state index in [9.17, 15) is 14.7 Å². The number of anilines is 2. The molecule has 3 aromatic rings. The van der Waals surface area contributed by atoms with Gasteiger partial charge in [0, 0.05) is 29.4 Å². The van der Waals surface area contributed by atoms with Crippen molar-refractivity contribution in [2.75, 3.05) is 11.9 Å². The number of carboxylic acids is 1. The predicted octanol–water partition coefficient (Wildman–Crippen LogP) is 4.98. The summed E-state index contributed by atoms with van der Waals surface area (Å²) < 4.78 is 0. The maximum absolute atomic E-state index is 12.9. The molecule has 5 nitrogen and oxygen atoms in total. The number of halogens is 1. The molecule has 0 unspecified atom stereocenters. The molecule has 0 aliphatic carbocycles. The Morgan fingerprint density at radius 3 is 2.62 bits per heavy atom. The largest absolute Gasteiger partial charge is 0.478 e. The van der Waals surface area contributed by atoms with Crippen molar-refractivity contribution in [1.29, 1.82) is 0 Å². The molecule has 3 aromatic carbocycles. The number of amides is 1. The summed E-state index contributed by atoms with van der Waals surface area (Å²) in [7, 11) is 0. The van der Waals surface area contributed by atoms with Crippen LogP contribution < -0.4 is 5.32 Å². The van der Waals surface area contributed by atoms with Gasteiger partial charge in [-0.1, -0.05) is 41.9 Å². The number of carboxylic acid groups (broad SMARTS) is 1. The third-order valence-electron chi connectivity index (χ3n) is 4.98. The minimum absolute atomic E-state index is 0.0133. The Labute approximate surface area is 173 Å². The van der Waals surface area contributed by atoms with E-state index in [0.29, 0.717) is 29.4 Å². The van der Waals surface area contributed by atoms with Gasteiger partial charge in [0.05, 0.1) is 11.3 Å². The zero-order chi connectivity index (χ0) is 20.4. The molecule has 2 N–H and O–H groups in total. The van der Waals surface area contributed by atoms with E-state index >= 15 is 0 Å². The number of rotatable bonds is 5. The van der Waals surface area contributed by atoms with Gasteiger partial charge in [0.2, 0.25) is 0 Å². The minimum atomic E-state index is -1.06.